The fourth-order valence-electron chi connectivity index (χ4n) is 1.93. The highest BCUT2D eigenvalue weighted by atomic mass is 79.9. The van der Waals surface area contributed by atoms with Gasteiger partial charge in [0, 0.05) is 5.56 Å². The van der Waals surface area contributed by atoms with Crippen LogP contribution in [0.5, 0.6) is 0 Å². The average molecular weight is 398 g/mol. The first-order valence-corrected chi connectivity index (χ1v) is 8.29. The largest absolute Gasteiger partial charge is 0.455 e. The number of thiophene rings is 1. The number of carbonyl (C=O) groups excluding carboxylic acids is 1. The van der Waals surface area contributed by atoms with Crippen molar-refractivity contribution in [2.45, 2.75) is 26.9 Å². The van der Waals surface area contributed by atoms with Gasteiger partial charge in [-0.3, -0.25) is 4.79 Å². The molecule has 0 amide bonds. The minimum absolute atomic E-state index is 0.0677. The first-order chi connectivity index (χ1) is 11.0. The van der Waals surface area contributed by atoms with Gasteiger partial charge in [0.2, 0.25) is 0 Å². The molecule has 0 unspecified atom stereocenters. The van der Waals surface area contributed by atoms with Gasteiger partial charge < -0.3 is 13.7 Å². The number of hydrogen-bond donors (Lipinski definition) is 0. The predicted molar refractivity (Wildman–Crippen MR) is 84.8 cm³/mol. The van der Waals surface area contributed by atoms with Crippen molar-refractivity contribution in [2.24, 2.45) is 0 Å². The summed E-state index contributed by atoms with van der Waals surface area (Å²) in [6.07, 6.45) is 0.0973. The molecule has 3 heterocycles. The van der Waals surface area contributed by atoms with E-state index in [1.165, 1.54) is 11.3 Å². The van der Waals surface area contributed by atoms with Gasteiger partial charge in [0.15, 0.2) is 6.61 Å². The Labute approximate surface area is 143 Å². The summed E-state index contributed by atoms with van der Waals surface area (Å²) in [6, 6.07) is 3.77. The molecule has 0 spiro atoms. The van der Waals surface area contributed by atoms with Gasteiger partial charge in [-0.1, -0.05) is 5.16 Å². The zero-order valence-electron chi connectivity index (χ0n) is 12.3. The standard InChI is InChI=1S/C14H12BrN3O4S/c1-7-9(8(2)22-18-7)5-13(19)20-6-12-16-17-14(21-12)10-3-4-11(15)23-10/h3-4H,5-6H2,1-2H3. The fraction of sp³-hybridized carbons (Fsp3) is 0.286. The monoisotopic (exact) mass is 397 g/mol. The highest BCUT2D eigenvalue weighted by Crippen LogP contribution is 2.30. The molecule has 0 radical (unpaired) electrons. The lowest BCUT2D eigenvalue weighted by Crippen LogP contribution is -2.09. The van der Waals surface area contributed by atoms with Crippen LogP contribution < -0.4 is 0 Å². The van der Waals surface area contributed by atoms with Crippen LogP contribution in [0.25, 0.3) is 10.8 Å². The lowest BCUT2D eigenvalue weighted by Gasteiger charge is -2.01. The topological polar surface area (TPSA) is 91.2 Å². The molecule has 0 aliphatic rings. The molecule has 0 aliphatic carbocycles. The molecule has 0 aliphatic heterocycles. The molecule has 9 heteroatoms. The summed E-state index contributed by atoms with van der Waals surface area (Å²) in [6.45, 7) is 3.47. The molecule has 3 aromatic rings. The van der Waals surface area contributed by atoms with Crippen LogP contribution >= 0.6 is 27.3 Å². The maximum atomic E-state index is 11.9. The molecule has 3 rings (SSSR count). The molecule has 0 fully saturated rings. The van der Waals surface area contributed by atoms with Crippen LogP contribution in [0.3, 0.4) is 0 Å². The molecule has 0 atom stereocenters. The number of aromatic nitrogens is 3. The van der Waals surface area contributed by atoms with E-state index in [9.17, 15) is 4.79 Å². The SMILES string of the molecule is Cc1noc(C)c1CC(=O)OCc1nnc(-c2ccc(Br)s2)o1. The second-order valence-corrected chi connectivity index (χ2v) is 7.21. The van der Waals surface area contributed by atoms with E-state index >= 15 is 0 Å². The molecular formula is C14H12BrN3O4S. The highest BCUT2D eigenvalue weighted by Gasteiger charge is 2.16. The summed E-state index contributed by atoms with van der Waals surface area (Å²) >= 11 is 4.85. The lowest BCUT2D eigenvalue weighted by atomic mass is 10.1. The Balaban J connectivity index is 1.58. The van der Waals surface area contributed by atoms with Crippen LogP contribution in [0.2, 0.25) is 0 Å². The third kappa shape index (κ3) is 3.67. The van der Waals surface area contributed by atoms with E-state index in [-0.39, 0.29) is 18.9 Å². The summed E-state index contributed by atoms with van der Waals surface area (Å²) in [5, 5.41) is 11.6. The zero-order valence-corrected chi connectivity index (χ0v) is 14.7. The number of nitrogens with zero attached hydrogens (tertiary/aromatic N) is 3. The number of esters is 1. The van der Waals surface area contributed by atoms with Crippen molar-refractivity contribution in [3.8, 4) is 10.8 Å². The maximum absolute atomic E-state index is 11.9. The Bertz CT molecular complexity index is 819. The van der Waals surface area contributed by atoms with Crippen molar-refractivity contribution in [3.05, 3.63) is 38.8 Å². The van der Waals surface area contributed by atoms with Gasteiger partial charge in [-0.2, -0.15) is 0 Å². The van der Waals surface area contributed by atoms with E-state index in [1.54, 1.807) is 13.8 Å². The number of aryl methyl sites for hydroxylation is 2. The number of hydrogen-bond acceptors (Lipinski definition) is 8. The normalized spacial score (nSPS) is 10.9. The molecule has 0 bridgehead atoms. The smallest absolute Gasteiger partial charge is 0.310 e. The third-order valence-corrected chi connectivity index (χ3v) is 4.72. The first kappa shape index (κ1) is 15.9. The highest BCUT2D eigenvalue weighted by molar-refractivity contribution is 9.11. The maximum Gasteiger partial charge on any atom is 0.310 e. The van der Waals surface area contributed by atoms with Crippen LogP contribution in [-0.4, -0.2) is 21.3 Å². The summed E-state index contributed by atoms with van der Waals surface area (Å²) in [4.78, 5) is 12.7. The van der Waals surface area contributed by atoms with Crippen LogP contribution in [0.4, 0.5) is 0 Å². The summed E-state index contributed by atoms with van der Waals surface area (Å²) in [5.74, 6) is 0.856. The minimum atomic E-state index is -0.405. The van der Waals surface area contributed by atoms with E-state index in [0.717, 1.165) is 14.2 Å². The van der Waals surface area contributed by atoms with Crippen molar-refractivity contribution in [1.29, 1.82) is 0 Å². The van der Waals surface area contributed by atoms with Crippen LogP contribution in [0.1, 0.15) is 22.9 Å². The Morgan fingerprint density at radius 2 is 2.17 bits per heavy atom. The van der Waals surface area contributed by atoms with Gasteiger partial charge in [-0.25, -0.2) is 0 Å². The van der Waals surface area contributed by atoms with Crippen molar-refractivity contribution in [3.63, 3.8) is 0 Å². The third-order valence-electron chi connectivity index (χ3n) is 3.11. The fourth-order valence-corrected chi connectivity index (χ4v) is 3.24. The molecule has 0 N–H and O–H groups in total. The average Bonchev–Trinajstić information content (AvgIpc) is 3.22. The molecule has 0 saturated carbocycles. The van der Waals surface area contributed by atoms with Crippen molar-refractivity contribution in [2.75, 3.05) is 0 Å². The van der Waals surface area contributed by atoms with E-state index in [4.69, 9.17) is 13.7 Å². The quantitative estimate of drug-likeness (QED) is 0.608. The number of halogens is 1. The molecule has 7 nitrogen and oxygen atoms in total. The Morgan fingerprint density at radius 3 is 2.83 bits per heavy atom. The lowest BCUT2D eigenvalue weighted by molar-refractivity contribution is -0.144. The van der Waals surface area contributed by atoms with Gasteiger partial charge in [0.25, 0.3) is 11.8 Å². The summed E-state index contributed by atoms with van der Waals surface area (Å²) in [7, 11) is 0. The molecule has 0 aromatic carbocycles. The van der Waals surface area contributed by atoms with Gasteiger partial charge in [0.05, 0.1) is 20.8 Å². The number of ether oxygens (including phenoxy) is 1. The van der Waals surface area contributed by atoms with Crippen molar-refractivity contribution < 1.29 is 18.5 Å². The van der Waals surface area contributed by atoms with Gasteiger partial charge in [-0.15, -0.1) is 21.5 Å². The predicted octanol–water partition coefficient (Wildman–Crippen LogP) is 3.45. The second-order valence-electron chi connectivity index (χ2n) is 4.74. The summed E-state index contributed by atoms with van der Waals surface area (Å²) < 4.78 is 16.6. The van der Waals surface area contributed by atoms with E-state index in [1.807, 2.05) is 12.1 Å². The van der Waals surface area contributed by atoms with Gasteiger partial charge in [-0.05, 0) is 41.9 Å². The second kappa shape index (κ2) is 6.63. The molecular weight excluding hydrogens is 386 g/mol. The minimum Gasteiger partial charge on any atom is -0.455 e. The van der Waals surface area contributed by atoms with Crippen LogP contribution in [0.15, 0.2) is 24.9 Å². The van der Waals surface area contributed by atoms with Crippen LogP contribution in [-0.2, 0) is 22.6 Å². The van der Waals surface area contributed by atoms with Gasteiger partial charge in [0.1, 0.15) is 5.76 Å². The number of rotatable bonds is 5. The first-order valence-electron chi connectivity index (χ1n) is 6.68. The Kier molecular flexibility index (Phi) is 4.58. The Morgan fingerprint density at radius 1 is 1.35 bits per heavy atom. The van der Waals surface area contributed by atoms with E-state index in [2.05, 4.69) is 31.3 Å². The molecule has 0 saturated heterocycles. The number of carbonyl (C=O) groups is 1. The van der Waals surface area contributed by atoms with Gasteiger partial charge >= 0.3 is 5.97 Å². The molecule has 23 heavy (non-hydrogen) atoms. The Hall–Kier alpha value is -2.00. The van der Waals surface area contributed by atoms with Crippen molar-refractivity contribution in [1.82, 2.24) is 15.4 Å². The molecule has 120 valence electrons. The molecule has 3 aromatic heterocycles. The zero-order chi connectivity index (χ0) is 16.4. The van der Waals surface area contributed by atoms with Crippen molar-refractivity contribution >= 4 is 33.2 Å². The van der Waals surface area contributed by atoms with E-state index in [0.29, 0.717) is 17.3 Å². The summed E-state index contributed by atoms with van der Waals surface area (Å²) in [5.41, 5.74) is 1.42. The van der Waals surface area contributed by atoms with E-state index < -0.39 is 5.97 Å². The van der Waals surface area contributed by atoms with Crippen LogP contribution in [0, 0.1) is 13.8 Å².